The lowest BCUT2D eigenvalue weighted by Gasteiger charge is -2.27. The lowest BCUT2D eigenvalue weighted by atomic mass is 10.0. The van der Waals surface area contributed by atoms with E-state index in [0.717, 1.165) is 17.0 Å². The Hall–Kier alpha value is -1.06. The molecule has 112 valence electrons. The zero-order valence-corrected chi connectivity index (χ0v) is 13.7. The number of carbonyl (C=O) groups excluding carboxylic acids is 1. The monoisotopic (exact) mass is 296 g/mol. The molecular formula is C16H25ClN2O. The number of nitrogens with one attached hydrogen (secondary N) is 1. The Morgan fingerprint density at radius 3 is 2.35 bits per heavy atom. The van der Waals surface area contributed by atoms with E-state index in [4.69, 9.17) is 11.6 Å². The van der Waals surface area contributed by atoms with Crippen molar-refractivity contribution in [3.8, 4) is 0 Å². The first-order valence-electron chi connectivity index (χ1n) is 7.04. The van der Waals surface area contributed by atoms with E-state index in [0.29, 0.717) is 5.92 Å². The summed E-state index contributed by atoms with van der Waals surface area (Å²) in [5.74, 6) is 0.562. The van der Waals surface area contributed by atoms with Crippen LogP contribution in [-0.4, -0.2) is 30.9 Å². The molecular weight excluding hydrogens is 272 g/mol. The van der Waals surface area contributed by atoms with Crippen LogP contribution in [-0.2, 0) is 4.79 Å². The SMILES string of the molecule is CC(C)CC(NC(C)c1ccccc1Cl)C(=O)N(C)C. The van der Waals surface area contributed by atoms with Gasteiger partial charge in [0.15, 0.2) is 0 Å². The van der Waals surface area contributed by atoms with Gasteiger partial charge < -0.3 is 4.90 Å². The second-order valence-electron chi connectivity index (χ2n) is 5.82. The van der Waals surface area contributed by atoms with Gasteiger partial charge in [0.2, 0.25) is 5.91 Å². The summed E-state index contributed by atoms with van der Waals surface area (Å²) in [7, 11) is 3.58. The van der Waals surface area contributed by atoms with Gasteiger partial charge in [-0.2, -0.15) is 0 Å². The molecule has 2 atom stereocenters. The second kappa shape index (κ2) is 7.65. The maximum atomic E-state index is 12.3. The number of rotatable bonds is 6. The lowest BCUT2D eigenvalue weighted by Crippen LogP contribution is -2.45. The molecule has 0 aliphatic carbocycles. The van der Waals surface area contributed by atoms with Crippen molar-refractivity contribution >= 4 is 17.5 Å². The molecule has 4 heteroatoms. The Bertz CT molecular complexity index is 446. The second-order valence-corrected chi connectivity index (χ2v) is 6.23. The van der Waals surface area contributed by atoms with Gasteiger partial charge in [0.1, 0.15) is 0 Å². The van der Waals surface area contributed by atoms with E-state index in [1.165, 1.54) is 0 Å². The van der Waals surface area contributed by atoms with Crippen molar-refractivity contribution < 1.29 is 4.79 Å². The molecule has 3 nitrogen and oxygen atoms in total. The third kappa shape index (κ3) is 4.80. The van der Waals surface area contributed by atoms with Crippen molar-refractivity contribution in [3.63, 3.8) is 0 Å². The van der Waals surface area contributed by atoms with Gasteiger partial charge in [0.25, 0.3) is 0 Å². The van der Waals surface area contributed by atoms with Crippen LogP contribution >= 0.6 is 11.6 Å². The van der Waals surface area contributed by atoms with Crippen LogP contribution in [0.15, 0.2) is 24.3 Å². The van der Waals surface area contributed by atoms with E-state index >= 15 is 0 Å². The minimum atomic E-state index is -0.184. The highest BCUT2D eigenvalue weighted by Crippen LogP contribution is 2.23. The first-order chi connectivity index (χ1) is 9.32. The van der Waals surface area contributed by atoms with Gasteiger partial charge in [-0.05, 0) is 30.9 Å². The number of likely N-dealkylation sites (N-methyl/N-ethyl adjacent to an activating group) is 1. The molecule has 0 radical (unpaired) electrons. The lowest BCUT2D eigenvalue weighted by molar-refractivity contribution is -0.131. The molecule has 0 aliphatic rings. The van der Waals surface area contributed by atoms with E-state index in [1.54, 1.807) is 19.0 Å². The smallest absolute Gasteiger partial charge is 0.239 e. The number of halogens is 1. The summed E-state index contributed by atoms with van der Waals surface area (Å²) in [5, 5.41) is 4.14. The van der Waals surface area contributed by atoms with Crippen LogP contribution < -0.4 is 5.32 Å². The molecule has 1 N–H and O–H groups in total. The summed E-state index contributed by atoms with van der Waals surface area (Å²) in [5.41, 5.74) is 1.02. The molecule has 1 amide bonds. The third-order valence-corrected chi connectivity index (χ3v) is 3.61. The number of hydrogen-bond acceptors (Lipinski definition) is 2. The molecule has 0 heterocycles. The quantitative estimate of drug-likeness (QED) is 0.871. The minimum absolute atomic E-state index is 0.0383. The van der Waals surface area contributed by atoms with Crippen LogP contribution in [0.3, 0.4) is 0 Å². The molecule has 0 aliphatic heterocycles. The van der Waals surface area contributed by atoms with Gasteiger partial charge in [-0.1, -0.05) is 43.6 Å². The minimum Gasteiger partial charge on any atom is -0.347 e. The molecule has 0 saturated carbocycles. The third-order valence-electron chi connectivity index (χ3n) is 3.27. The standard InChI is InChI=1S/C16H25ClN2O/c1-11(2)10-15(16(20)19(4)5)18-12(3)13-8-6-7-9-14(13)17/h6-9,11-12,15,18H,10H2,1-5H3. The maximum Gasteiger partial charge on any atom is 0.239 e. The normalized spacial score (nSPS) is 14.2. The average Bonchev–Trinajstić information content (AvgIpc) is 2.36. The Kier molecular flexibility index (Phi) is 6.50. The van der Waals surface area contributed by atoms with Gasteiger partial charge in [0.05, 0.1) is 6.04 Å². The molecule has 0 saturated heterocycles. The molecule has 0 spiro atoms. The van der Waals surface area contributed by atoms with Gasteiger partial charge in [-0.25, -0.2) is 0 Å². The van der Waals surface area contributed by atoms with Crippen LogP contribution in [0.1, 0.15) is 38.8 Å². The number of benzene rings is 1. The molecule has 1 aromatic carbocycles. The van der Waals surface area contributed by atoms with Crippen molar-refractivity contribution in [1.29, 1.82) is 0 Å². The molecule has 0 aromatic heterocycles. The average molecular weight is 297 g/mol. The van der Waals surface area contributed by atoms with Gasteiger partial charge in [0, 0.05) is 25.2 Å². The predicted molar refractivity (Wildman–Crippen MR) is 84.9 cm³/mol. The Morgan fingerprint density at radius 1 is 1.25 bits per heavy atom. The fraction of sp³-hybridized carbons (Fsp3) is 0.562. The first kappa shape index (κ1) is 17.0. The van der Waals surface area contributed by atoms with E-state index in [1.807, 2.05) is 31.2 Å². The maximum absolute atomic E-state index is 12.3. The fourth-order valence-corrected chi connectivity index (χ4v) is 2.54. The summed E-state index contributed by atoms with van der Waals surface area (Å²) in [6.45, 7) is 6.28. The summed E-state index contributed by atoms with van der Waals surface area (Å²) in [4.78, 5) is 13.9. The van der Waals surface area contributed by atoms with E-state index in [9.17, 15) is 4.79 Å². The zero-order valence-electron chi connectivity index (χ0n) is 13.0. The molecule has 1 rings (SSSR count). The summed E-state index contributed by atoms with van der Waals surface area (Å²) in [6.07, 6.45) is 0.811. The highest BCUT2D eigenvalue weighted by Gasteiger charge is 2.23. The van der Waals surface area contributed by atoms with Crippen LogP contribution in [0, 0.1) is 5.92 Å². The Balaban J connectivity index is 2.84. The van der Waals surface area contributed by atoms with Gasteiger partial charge in [-0.15, -0.1) is 0 Å². The highest BCUT2D eigenvalue weighted by molar-refractivity contribution is 6.31. The van der Waals surface area contributed by atoms with E-state index in [-0.39, 0.29) is 18.0 Å². The Labute approximate surface area is 127 Å². The Morgan fingerprint density at radius 2 is 1.85 bits per heavy atom. The number of hydrogen-bond donors (Lipinski definition) is 1. The molecule has 1 aromatic rings. The summed E-state index contributed by atoms with van der Waals surface area (Å²) in [6, 6.07) is 7.60. The van der Waals surface area contributed by atoms with Crippen LogP contribution in [0.25, 0.3) is 0 Å². The number of amides is 1. The zero-order chi connectivity index (χ0) is 15.3. The van der Waals surface area contributed by atoms with Gasteiger partial charge >= 0.3 is 0 Å². The van der Waals surface area contributed by atoms with E-state index in [2.05, 4.69) is 19.2 Å². The van der Waals surface area contributed by atoms with Gasteiger partial charge in [-0.3, -0.25) is 10.1 Å². The fourth-order valence-electron chi connectivity index (χ4n) is 2.24. The topological polar surface area (TPSA) is 32.3 Å². The van der Waals surface area contributed by atoms with E-state index < -0.39 is 0 Å². The van der Waals surface area contributed by atoms with Crippen molar-refractivity contribution in [3.05, 3.63) is 34.9 Å². The number of carbonyl (C=O) groups is 1. The molecule has 2 unspecified atom stereocenters. The van der Waals surface area contributed by atoms with Crippen LogP contribution in [0.5, 0.6) is 0 Å². The van der Waals surface area contributed by atoms with Crippen molar-refractivity contribution in [2.75, 3.05) is 14.1 Å². The summed E-state index contributed by atoms with van der Waals surface area (Å²) >= 11 is 6.22. The number of nitrogens with zero attached hydrogens (tertiary/aromatic N) is 1. The van der Waals surface area contributed by atoms with Crippen molar-refractivity contribution in [1.82, 2.24) is 10.2 Å². The van der Waals surface area contributed by atoms with Crippen molar-refractivity contribution in [2.45, 2.75) is 39.3 Å². The summed E-state index contributed by atoms with van der Waals surface area (Å²) < 4.78 is 0. The van der Waals surface area contributed by atoms with Crippen LogP contribution in [0.2, 0.25) is 5.02 Å². The largest absolute Gasteiger partial charge is 0.347 e. The van der Waals surface area contributed by atoms with Crippen LogP contribution in [0.4, 0.5) is 0 Å². The highest BCUT2D eigenvalue weighted by atomic mass is 35.5. The van der Waals surface area contributed by atoms with Crippen molar-refractivity contribution in [2.24, 2.45) is 5.92 Å². The first-order valence-corrected chi connectivity index (χ1v) is 7.42. The predicted octanol–water partition coefficient (Wildman–Crippen LogP) is 3.49. The molecule has 0 bridgehead atoms. The molecule has 20 heavy (non-hydrogen) atoms. The molecule has 0 fully saturated rings.